The molecule has 1 aliphatic rings. The van der Waals surface area contributed by atoms with Crippen LogP contribution in [0.2, 0.25) is 0 Å². The topological polar surface area (TPSA) is 119 Å². The number of fused-ring (bicyclic) bond motifs is 1. The predicted molar refractivity (Wildman–Crippen MR) is 137 cm³/mol. The average molecular weight is 514 g/mol. The molecule has 0 radical (unpaired) electrons. The molecule has 184 valence electrons. The third kappa shape index (κ3) is 4.89. The van der Waals surface area contributed by atoms with Crippen LogP contribution in [0.15, 0.2) is 53.4 Å². The quantitative estimate of drug-likeness (QED) is 0.494. The van der Waals surface area contributed by atoms with E-state index in [-0.39, 0.29) is 10.5 Å². The summed E-state index contributed by atoms with van der Waals surface area (Å²) in [5.41, 5.74) is 7.52. The Morgan fingerprint density at radius 2 is 1.89 bits per heavy atom. The van der Waals surface area contributed by atoms with Gasteiger partial charge in [-0.25, -0.2) is 8.42 Å². The van der Waals surface area contributed by atoms with Gasteiger partial charge in [-0.15, -0.1) is 11.3 Å². The Morgan fingerprint density at radius 1 is 1.17 bits per heavy atom. The van der Waals surface area contributed by atoms with Crippen LogP contribution in [-0.2, 0) is 22.9 Å². The molecule has 0 saturated carbocycles. The zero-order valence-electron chi connectivity index (χ0n) is 19.7. The normalized spacial score (nSPS) is 15.2. The van der Waals surface area contributed by atoms with E-state index >= 15 is 0 Å². The number of nitrogens with two attached hydrogens (primary N) is 1. The number of amides is 2. The van der Waals surface area contributed by atoms with Crippen molar-refractivity contribution in [1.29, 1.82) is 0 Å². The van der Waals surface area contributed by atoms with Gasteiger partial charge in [-0.2, -0.15) is 0 Å². The van der Waals surface area contributed by atoms with Crippen LogP contribution < -0.4 is 20.1 Å². The van der Waals surface area contributed by atoms with E-state index in [0.717, 1.165) is 34.0 Å². The number of ether oxygens (including phenoxy) is 1. The molecular formula is C25H27N3O5S2. The maximum Gasteiger partial charge on any atom is 0.264 e. The number of anilines is 2. The van der Waals surface area contributed by atoms with E-state index in [9.17, 15) is 18.0 Å². The molecule has 0 bridgehead atoms. The molecule has 3 N–H and O–H groups in total. The molecule has 1 heterocycles. The summed E-state index contributed by atoms with van der Waals surface area (Å²) < 4.78 is 32.7. The lowest BCUT2D eigenvalue weighted by molar-refractivity contribution is 0.1000. The highest BCUT2D eigenvalue weighted by atomic mass is 32.2. The van der Waals surface area contributed by atoms with E-state index in [0.29, 0.717) is 27.9 Å². The van der Waals surface area contributed by atoms with Gasteiger partial charge in [-0.3, -0.25) is 13.9 Å². The first-order valence-electron chi connectivity index (χ1n) is 11.1. The van der Waals surface area contributed by atoms with Gasteiger partial charge in [0, 0.05) is 17.5 Å². The van der Waals surface area contributed by atoms with E-state index in [1.54, 1.807) is 24.3 Å². The van der Waals surface area contributed by atoms with Gasteiger partial charge in [0.15, 0.2) is 0 Å². The van der Waals surface area contributed by atoms with Crippen LogP contribution in [0, 0.1) is 5.92 Å². The van der Waals surface area contributed by atoms with Crippen molar-refractivity contribution < 1.29 is 22.7 Å². The number of nitrogens with zero attached hydrogens (tertiary/aromatic N) is 1. The van der Waals surface area contributed by atoms with Crippen molar-refractivity contribution in [3.63, 3.8) is 0 Å². The first-order valence-corrected chi connectivity index (χ1v) is 13.4. The summed E-state index contributed by atoms with van der Waals surface area (Å²) in [4.78, 5) is 26.3. The number of hydrogen-bond donors (Lipinski definition) is 2. The Morgan fingerprint density at radius 3 is 2.54 bits per heavy atom. The standard InChI is InChI=1S/C25H27N3O5S2/c1-15-7-12-20-21(13-15)34-25(22(20)23(26)29)27-24(30)16-5-4-6-19(14-16)35(31,32)28(2)17-8-10-18(33-3)11-9-17/h4-6,8-11,14-15H,7,12-13H2,1-3H3,(H2,26,29)(H,27,30)/t15-/m0/s1. The molecule has 0 fully saturated rings. The minimum absolute atomic E-state index is 0.0297. The van der Waals surface area contributed by atoms with Gasteiger partial charge in [0.25, 0.3) is 21.8 Å². The number of rotatable bonds is 7. The van der Waals surface area contributed by atoms with Gasteiger partial charge in [0.2, 0.25) is 0 Å². The van der Waals surface area contributed by atoms with Gasteiger partial charge in [-0.05, 0) is 73.2 Å². The summed E-state index contributed by atoms with van der Waals surface area (Å²) >= 11 is 1.36. The third-order valence-electron chi connectivity index (χ3n) is 6.18. The second kappa shape index (κ2) is 9.71. The summed E-state index contributed by atoms with van der Waals surface area (Å²) in [6.45, 7) is 2.15. The number of carbonyl (C=O) groups excluding carboxylic acids is 2. The number of methoxy groups -OCH3 is 1. The maximum atomic E-state index is 13.2. The molecule has 4 rings (SSSR count). The molecule has 0 unspecified atom stereocenters. The Kier molecular flexibility index (Phi) is 6.86. The zero-order chi connectivity index (χ0) is 25.3. The molecule has 1 aliphatic carbocycles. The number of thiophene rings is 1. The van der Waals surface area contributed by atoms with Crippen LogP contribution in [0.3, 0.4) is 0 Å². The van der Waals surface area contributed by atoms with E-state index < -0.39 is 21.8 Å². The first kappa shape index (κ1) is 24.7. The molecule has 0 spiro atoms. The molecule has 1 atom stereocenters. The number of nitrogens with one attached hydrogen (secondary N) is 1. The molecule has 10 heteroatoms. The first-order chi connectivity index (χ1) is 16.6. The number of carbonyl (C=O) groups is 2. The molecule has 2 amide bonds. The molecule has 1 aromatic heterocycles. The van der Waals surface area contributed by atoms with Crippen LogP contribution in [0.4, 0.5) is 10.7 Å². The van der Waals surface area contributed by atoms with Gasteiger partial charge in [-0.1, -0.05) is 13.0 Å². The lowest BCUT2D eigenvalue weighted by atomic mass is 9.88. The summed E-state index contributed by atoms with van der Waals surface area (Å²) in [6, 6.07) is 12.4. The summed E-state index contributed by atoms with van der Waals surface area (Å²) in [5.74, 6) is 0.0152. The number of benzene rings is 2. The Labute approximate surface area is 208 Å². The van der Waals surface area contributed by atoms with Crippen LogP contribution in [0.25, 0.3) is 0 Å². The number of sulfonamides is 1. The summed E-state index contributed by atoms with van der Waals surface area (Å²) in [7, 11) is -0.953. The summed E-state index contributed by atoms with van der Waals surface area (Å²) in [5, 5.41) is 3.20. The molecular weight excluding hydrogens is 486 g/mol. The van der Waals surface area contributed by atoms with Crippen molar-refractivity contribution in [1.82, 2.24) is 0 Å². The van der Waals surface area contributed by atoms with E-state index in [4.69, 9.17) is 10.5 Å². The van der Waals surface area contributed by atoms with E-state index in [2.05, 4.69) is 12.2 Å². The van der Waals surface area contributed by atoms with Crippen molar-refractivity contribution in [3.05, 3.63) is 70.1 Å². The number of hydrogen-bond acceptors (Lipinski definition) is 6. The van der Waals surface area contributed by atoms with Crippen LogP contribution in [0.5, 0.6) is 5.75 Å². The van der Waals surface area contributed by atoms with Crippen molar-refractivity contribution in [2.24, 2.45) is 11.7 Å². The largest absolute Gasteiger partial charge is 0.497 e. The van der Waals surface area contributed by atoms with E-state index in [1.165, 1.54) is 49.8 Å². The fourth-order valence-corrected chi connectivity index (χ4v) is 6.81. The minimum Gasteiger partial charge on any atom is -0.497 e. The van der Waals surface area contributed by atoms with Gasteiger partial charge >= 0.3 is 0 Å². The highest BCUT2D eigenvalue weighted by Crippen LogP contribution is 2.39. The van der Waals surface area contributed by atoms with E-state index in [1.807, 2.05) is 0 Å². The number of primary amides is 1. The molecule has 2 aromatic carbocycles. The highest BCUT2D eigenvalue weighted by molar-refractivity contribution is 7.92. The fraction of sp³-hybridized carbons (Fsp3) is 0.280. The van der Waals surface area contributed by atoms with Crippen molar-refractivity contribution in [3.8, 4) is 5.75 Å². The lowest BCUT2D eigenvalue weighted by Crippen LogP contribution is -2.27. The highest BCUT2D eigenvalue weighted by Gasteiger charge is 2.28. The Balaban J connectivity index is 1.60. The molecule has 8 nitrogen and oxygen atoms in total. The van der Waals surface area contributed by atoms with Crippen LogP contribution in [0.1, 0.15) is 44.5 Å². The second-order valence-corrected chi connectivity index (χ2v) is 11.6. The zero-order valence-corrected chi connectivity index (χ0v) is 21.3. The van der Waals surface area contributed by atoms with Crippen LogP contribution in [-0.4, -0.2) is 34.4 Å². The van der Waals surface area contributed by atoms with Crippen LogP contribution >= 0.6 is 11.3 Å². The molecule has 0 saturated heterocycles. The van der Waals surface area contributed by atoms with Gasteiger partial charge in [0.05, 0.1) is 23.3 Å². The lowest BCUT2D eigenvalue weighted by Gasteiger charge is -2.20. The minimum atomic E-state index is -3.93. The molecule has 35 heavy (non-hydrogen) atoms. The smallest absolute Gasteiger partial charge is 0.264 e. The second-order valence-electron chi connectivity index (χ2n) is 8.57. The summed E-state index contributed by atoms with van der Waals surface area (Å²) in [6.07, 6.45) is 2.53. The van der Waals surface area contributed by atoms with Gasteiger partial charge < -0.3 is 15.8 Å². The fourth-order valence-electron chi connectivity index (χ4n) is 4.16. The van der Waals surface area contributed by atoms with Gasteiger partial charge in [0.1, 0.15) is 10.8 Å². The van der Waals surface area contributed by atoms with Crippen molar-refractivity contribution in [2.45, 2.75) is 31.1 Å². The Hall–Kier alpha value is -3.37. The molecule has 0 aliphatic heterocycles. The third-order valence-corrected chi connectivity index (χ3v) is 9.13. The molecule has 3 aromatic rings. The SMILES string of the molecule is COc1ccc(N(C)S(=O)(=O)c2cccc(C(=O)Nc3sc4c(c3C(N)=O)CC[C@H](C)C4)c2)cc1. The van der Waals surface area contributed by atoms with Crippen molar-refractivity contribution in [2.75, 3.05) is 23.8 Å². The monoisotopic (exact) mass is 513 g/mol. The predicted octanol–water partition coefficient (Wildman–Crippen LogP) is 4.06. The Bertz CT molecular complexity index is 1380. The van der Waals surface area contributed by atoms with Crippen molar-refractivity contribution >= 4 is 43.9 Å². The average Bonchev–Trinajstić information content (AvgIpc) is 3.20. The maximum absolute atomic E-state index is 13.2.